The molecule has 0 aliphatic carbocycles. The minimum absolute atomic E-state index is 0.0875. The van der Waals surface area contributed by atoms with Gasteiger partial charge in [-0.2, -0.15) is 0 Å². The number of hydrogen-bond acceptors (Lipinski definition) is 5. The maximum absolute atomic E-state index is 6.34. The smallest absolute Gasteiger partial charge is 0.226 e. The largest absolute Gasteiger partial charge is 0.488 e. The number of nitrogens with zero attached hydrogens (tertiary/aromatic N) is 2. The van der Waals surface area contributed by atoms with Crippen LogP contribution < -0.4 is 9.47 Å². The number of ether oxygens (including phenoxy) is 3. The highest BCUT2D eigenvalue weighted by Crippen LogP contribution is 2.37. The summed E-state index contributed by atoms with van der Waals surface area (Å²) in [5, 5.41) is 0.766. The summed E-state index contributed by atoms with van der Waals surface area (Å²) in [6.07, 6.45) is 1.72. The predicted octanol–water partition coefficient (Wildman–Crippen LogP) is 6.51. The highest BCUT2D eigenvalue weighted by Gasteiger charge is 2.18. The SMILES string of the molecule is COCCOc1nccc2nc(-c3ccc(C(C)(C)C)cc3C)cc(OCc3ccccc3)c12. The Hall–Kier alpha value is -3.44. The third-order valence-corrected chi connectivity index (χ3v) is 5.78. The first-order valence-electron chi connectivity index (χ1n) is 11.6. The third kappa shape index (κ3) is 5.37. The van der Waals surface area contributed by atoms with Gasteiger partial charge in [0.15, 0.2) is 0 Å². The lowest BCUT2D eigenvalue weighted by atomic mass is 9.85. The fraction of sp³-hybridized carbons (Fsp3) is 0.310. The number of hydrogen-bond donors (Lipinski definition) is 0. The van der Waals surface area contributed by atoms with Crippen LogP contribution in [0, 0.1) is 6.92 Å². The van der Waals surface area contributed by atoms with Crippen molar-refractivity contribution in [3.63, 3.8) is 0 Å². The summed E-state index contributed by atoms with van der Waals surface area (Å²) in [7, 11) is 1.65. The van der Waals surface area contributed by atoms with E-state index < -0.39 is 0 Å². The Balaban J connectivity index is 1.79. The van der Waals surface area contributed by atoms with Crippen LogP contribution in [0.1, 0.15) is 37.5 Å². The second-order valence-corrected chi connectivity index (χ2v) is 9.41. The molecule has 34 heavy (non-hydrogen) atoms. The molecule has 0 spiro atoms. The Labute approximate surface area is 201 Å². The van der Waals surface area contributed by atoms with Crippen molar-refractivity contribution < 1.29 is 14.2 Å². The highest BCUT2D eigenvalue weighted by atomic mass is 16.5. The quantitative estimate of drug-likeness (QED) is 0.283. The van der Waals surface area contributed by atoms with Crippen LogP contribution in [0.25, 0.3) is 22.2 Å². The molecule has 0 amide bonds. The Morgan fingerprint density at radius 3 is 2.38 bits per heavy atom. The molecule has 0 bridgehead atoms. The van der Waals surface area contributed by atoms with Gasteiger partial charge in [-0.15, -0.1) is 0 Å². The second-order valence-electron chi connectivity index (χ2n) is 9.41. The maximum Gasteiger partial charge on any atom is 0.226 e. The van der Waals surface area contributed by atoms with Crippen LogP contribution in [0.3, 0.4) is 0 Å². The fourth-order valence-corrected chi connectivity index (χ4v) is 3.85. The van der Waals surface area contributed by atoms with Crippen LogP contribution in [-0.2, 0) is 16.8 Å². The van der Waals surface area contributed by atoms with Crippen LogP contribution in [0.2, 0.25) is 0 Å². The van der Waals surface area contributed by atoms with Gasteiger partial charge in [0.1, 0.15) is 24.3 Å². The lowest BCUT2D eigenvalue weighted by molar-refractivity contribution is 0.144. The molecule has 0 unspecified atom stereocenters. The van der Waals surface area contributed by atoms with Crippen molar-refractivity contribution in [3.05, 3.63) is 83.6 Å². The molecule has 4 rings (SSSR count). The van der Waals surface area contributed by atoms with Gasteiger partial charge in [0.25, 0.3) is 0 Å². The fourth-order valence-electron chi connectivity index (χ4n) is 3.85. The van der Waals surface area contributed by atoms with E-state index in [9.17, 15) is 0 Å². The standard InChI is InChI=1S/C29H32N2O3/c1-20-17-22(29(2,3)4)11-12-23(20)25-18-26(34-19-21-9-7-6-8-10-21)27-24(31-25)13-14-30-28(27)33-16-15-32-5/h6-14,17-18H,15-16,19H2,1-5H3. The van der Waals surface area contributed by atoms with Gasteiger partial charge in [-0.1, -0.05) is 69.3 Å². The lowest BCUT2D eigenvalue weighted by Crippen LogP contribution is -2.11. The number of pyridine rings is 2. The minimum Gasteiger partial charge on any atom is -0.488 e. The monoisotopic (exact) mass is 456 g/mol. The van der Waals surface area contributed by atoms with Gasteiger partial charge < -0.3 is 14.2 Å². The summed E-state index contributed by atoms with van der Waals surface area (Å²) in [4.78, 5) is 9.43. The Kier molecular flexibility index (Phi) is 7.13. The summed E-state index contributed by atoms with van der Waals surface area (Å²) < 4.78 is 17.4. The number of benzene rings is 2. The van der Waals surface area contributed by atoms with E-state index >= 15 is 0 Å². The van der Waals surface area contributed by atoms with Gasteiger partial charge >= 0.3 is 0 Å². The van der Waals surface area contributed by atoms with Crippen molar-refractivity contribution in [2.75, 3.05) is 20.3 Å². The van der Waals surface area contributed by atoms with Gasteiger partial charge in [0, 0.05) is 24.9 Å². The predicted molar refractivity (Wildman–Crippen MR) is 137 cm³/mol. The number of aryl methyl sites for hydroxylation is 1. The summed E-state index contributed by atoms with van der Waals surface area (Å²) in [5.41, 5.74) is 6.38. The lowest BCUT2D eigenvalue weighted by Gasteiger charge is -2.21. The molecule has 176 valence electrons. The number of fused-ring (bicyclic) bond motifs is 1. The average molecular weight is 457 g/mol. The van der Waals surface area contributed by atoms with Crippen molar-refractivity contribution in [1.29, 1.82) is 0 Å². The first-order valence-corrected chi connectivity index (χ1v) is 11.6. The molecular formula is C29H32N2O3. The highest BCUT2D eigenvalue weighted by molar-refractivity contribution is 5.92. The number of aromatic nitrogens is 2. The molecule has 0 radical (unpaired) electrons. The average Bonchev–Trinajstić information content (AvgIpc) is 2.82. The van der Waals surface area contributed by atoms with Gasteiger partial charge in [-0.05, 0) is 35.1 Å². The van der Waals surface area contributed by atoms with Crippen molar-refractivity contribution >= 4 is 10.9 Å². The Morgan fingerprint density at radius 1 is 0.882 bits per heavy atom. The molecule has 0 fully saturated rings. The molecule has 2 heterocycles. The zero-order valence-corrected chi connectivity index (χ0v) is 20.6. The van der Waals surface area contributed by atoms with Gasteiger partial charge in [0.05, 0.1) is 17.8 Å². The molecule has 0 saturated heterocycles. The van der Waals surface area contributed by atoms with Crippen LogP contribution in [-0.4, -0.2) is 30.3 Å². The molecule has 0 N–H and O–H groups in total. The van der Waals surface area contributed by atoms with E-state index in [1.807, 2.05) is 42.5 Å². The third-order valence-electron chi connectivity index (χ3n) is 5.78. The molecule has 0 atom stereocenters. The van der Waals surface area contributed by atoms with Crippen LogP contribution in [0.4, 0.5) is 0 Å². The molecular weight excluding hydrogens is 424 g/mol. The first kappa shape index (κ1) is 23.7. The second kappa shape index (κ2) is 10.2. The van der Waals surface area contributed by atoms with E-state index in [4.69, 9.17) is 19.2 Å². The van der Waals surface area contributed by atoms with Crippen LogP contribution in [0.15, 0.2) is 66.9 Å². The summed E-state index contributed by atoms with van der Waals surface area (Å²) in [5.74, 6) is 1.19. The van der Waals surface area contributed by atoms with Crippen molar-refractivity contribution in [2.45, 2.75) is 39.7 Å². The van der Waals surface area contributed by atoms with Gasteiger partial charge in [-0.25, -0.2) is 9.97 Å². The molecule has 0 saturated carbocycles. The number of rotatable bonds is 8. The van der Waals surface area contributed by atoms with Crippen LogP contribution in [0.5, 0.6) is 11.6 Å². The molecule has 4 aromatic rings. The number of methoxy groups -OCH3 is 1. The zero-order chi connectivity index (χ0) is 24.1. The van der Waals surface area contributed by atoms with Crippen molar-refractivity contribution in [2.24, 2.45) is 0 Å². The van der Waals surface area contributed by atoms with E-state index in [1.165, 1.54) is 11.1 Å². The summed E-state index contributed by atoms with van der Waals surface area (Å²) in [6, 6.07) is 20.6. The molecule has 2 aromatic heterocycles. The normalized spacial score (nSPS) is 11.6. The Morgan fingerprint density at radius 2 is 1.68 bits per heavy atom. The molecule has 5 heteroatoms. The van der Waals surface area contributed by atoms with E-state index in [0.717, 1.165) is 27.7 Å². The van der Waals surface area contributed by atoms with E-state index in [2.05, 4.69) is 50.9 Å². The van der Waals surface area contributed by atoms with E-state index in [-0.39, 0.29) is 5.41 Å². The van der Waals surface area contributed by atoms with Crippen LogP contribution >= 0.6 is 0 Å². The summed E-state index contributed by atoms with van der Waals surface area (Å²) >= 11 is 0. The molecule has 2 aromatic carbocycles. The minimum atomic E-state index is 0.0875. The molecule has 5 nitrogen and oxygen atoms in total. The topological polar surface area (TPSA) is 53.5 Å². The van der Waals surface area contributed by atoms with Gasteiger partial charge in [0.2, 0.25) is 5.88 Å². The first-order chi connectivity index (χ1) is 16.4. The van der Waals surface area contributed by atoms with Crippen molar-refractivity contribution in [3.8, 4) is 22.9 Å². The molecule has 0 aliphatic rings. The van der Waals surface area contributed by atoms with Crippen molar-refractivity contribution in [1.82, 2.24) is 9.97 Å². The molecule has 0 aliphatic heterocycles. The van der Waals surface area contributed by atoms with E-state index in [0.29, 0.717) is 31.5 Å². The van der Waals surface area contributed by atoms with E-state index in [1.54, 1.807) is 13.3 Å². The zero-order valence-electron chi connectivity index (χ0n) is 20.6. The maximum atomic E-state index is 6.34. The van der Waals surface area contributed by atoms with Gasteiger partial charge in [-0.3, -0.25) is 0 Å². The summed E-state index contributed by atoms with van der Waals surface area (Å²) in [6.45, 7) is 10.1. The Bertz CT molecular complexity index is 1260.